The van der Waals surface area contributed by atoms with Gasteiger partial charge in [-0.25, -0.2) is 4.98 Å². The number of ether oxygens (including phenoxy) is 1. The van der Waals surface area contributed by atoms with Gasteiger partial charge in [0.05, 0.1) is 28.8 Å². The van der Waals surface area contributed by atoms with Gasteiger partial charge in [0.2, 0.25) is 11.8 Å². The number of aromatic nitrogens is 2. The Hall–Kier alpha value is -3.94. The molecule has 0 aliphatic heterocycles. The van der Waals surface area contributed by atoms with E-state index in [2.05, 4.69) is 27.4 Å². The standard InChI is InChI=1S/C22H15N5OS/c1-13-9-16(12-24)10-14(2)19(13)28-21-20-18(7-8-29-20)26-22(27-21)25-17-5-3-15(11-23)4-6-17/h3-10H,1-2H3,(H,25,26,27). The molecule has 7 heteroatoms. The van der Waals surface area contributed by atoms with Gasteiger partial charge in [-0.15, -0.1) is 11.3 Å². The number of fused-ring (bicyclic) bond motifs is 1. The van der Waals surface area contributed by atoms with E-state index in [1.807, 2.05) is 25.3 Å². The van der Waals surface area contributed by atoms with Crippen LogP contribution in [0.4, 0.5) is 11.6 Å². The molecule has 0 saturated heterocycles. The highest BCUT2D eigenvalue weighted by Crippen LogP contribution is 2.35. The molecule has 2 heterocycles. The number of thiophene rings is 1. The molecule has 6 nitrogen and oxygen atoms in total. The van der Waals surface area contributed by atoms with E-state index in [1.165, 1.54) is 11.3 Å². The fourth-order valence-corrected chi connectivity index (χ4v) is 3.75. The molecule has 0 bridgehead atoms. The van der Waals surface area contributed by atoms with Gasteiger partial charge in [0.15, 0.2) is 0 Å². The molecule has 0 aliphatic carbocycles. The molecule has 29 heavy (non-hydrogen) atoms. The van der Waals surface area contributed by atoms with Crippen LogP contribution >= 0.6 is 11.3 Å². The Bertz CT molecular complexity index is 1270. The average molecular weight is 397 g/mol. The smallest absolute Gasteiger partial charge is 0.242 e. The Labute approximate surface area is 171 Å². The maximum atomic E-state index is 9.15. The molecule has 2 aromatic carbocycles. The van der Waals surface area contributed by atoms with Crippen LogP contribution in [0.1, 0.15) is 22.3 Å². The highest BCUT2D eigenvalue weighted by molar-refractivity contribution is 7.17. The zero-order valence-electron chi connectivity index (χ0n) is 15.7. The Morgan fingerprint density at radius 3 is 2.28 bits per heavy atom. The lowest BCUT2D eigenvalue weighted by molar-refractivity contribution is 0.463. The molecule has 0 atom stereocenters. The Morgan fingerprint density at radius 1 is 0.931 bits per heavy atom. The van der Waals surface area contributed by atoms with Gasteiger partial charge in [-0.2, -0.15) is 15.5 Å². The van der Waals surface area contributed by atoms with Crippen LogP contribution in [0.5, 0.6) is 11.6 Å². The molecular formula is C22H15N5OS. The molecular weight excluding hydrogens is 382 g/mol. The van der Waals surface area contributed by atoms with Crippen molar-refractivity contribution in [1.82, 2.24) is 9.97 Å². The largest absolute Gasteiger partial charge is 0.437 e. The Kier molecular flexibility index (Phi) is 4.82. The number of hydrogen-bond acceptors (Lipinski definition) is 7. The number of nitriles is 2. The first-order valence-electron chi connectivity index (χ1n) is 8.79. The topological polar surface area (TPSA) is 94.6 Å². The Morgan fingerprint density at radius 2 is 1.62 bits per heavy atom. The van der Waals surface area contributed by atoms with E-state index in [0.717, 1.165) is 27.0 Å². The average Bonchev–Trinajstić information content (AvgIpc) is 3.20. The Balaban J connectivity index is 1.72. The number of aryl methyl sites for hydroxylation is 2. The SMILES string of the molecule is Cc1cc(C#N)cc(C)c1Oc1nc(Nc2ccc(C#N)cc2)nc2ccsc12. The minimum Gasteiger partial charge on any atom is -0.437 e. The number of benzene rings is 2. The summed E-state index contributed by atoms with van der Waals surface area (Å²) in [6.45, 7) is 3.82. The van der Waals surface area contributed by atoms with Crippen LogP contribution in [-0.4, -0.2) is 9.97 Å². The predicted molar refractivity (Wildman–Crippen MR) is 113 cm³/mol. The van der Waals surface area contributed by atoms with Crippen LogP contribution in [-0.2, 0) is 0 Å². The lowest BCUT2D eigenvalue weighted by Crippen LogP contribution is -2.00. The number of rotatable bonds is 4. The summed E-state index contributed by atoms with van der Waals surface area (Å²) in [5.41, 5.74) is 4.47. The molecule has 0 fully saturated rings. The van der Waals surface area contributed by atoms with Crippen LogP contribution in [0.25, 0.3) is 10.2 Å². The summed E-state index contributed by atoms with van der Waals surface area (Å²) in [7, 11) is 0. The first kappa shape index (κ1) is 18.4. The van der Waals surface area contributed by atoms with Crippen molar-refractivity contribution in [3.05, 3.63) is 70.1 Å². The maximum absolute atomic E-state index is 9.15. The second-order valence-electron chi connectivity index (χ2n) is 6.45. The molecule has 0 saturated carbocycles. The van der Waals surface area contributed by atoms with Crippen LogP contribution in [0.3, 0.4) is 0 Å². The maximum Gasteiger partial charge on any atom is 0.242 e. The number of hydrogen-bond donors (Lipinski definition) is 1. The molecule has 140 valence electrons. The summed E-state index contributed by atoms with van der Waals surface area (Å²) in [5.74, 6) is 1.54. The zero-order chi connectivity index (χ0) is 20.4. The highest BCUT2D eigenvalue weighted by atomic mass is 32.1. The second-order valence-corrected chi connectivity index (χ2v) is 7.37. The summed E-state index contributed by atoms with van der Waals surface area (Å²) < 4.78 is 7.04. The molecule has 0 unspecified atom stereocenters. The molecule has 4 aromatic rings. The summed E-state index contributed by atoms with van der Waals surface area (Å²) in [5, 5.41) is 23.2. The minimum absolute atomic E-state index is 0.402. The molecule has 2 aromatic heterocycles. The van der Waals surface area contributed by atoms with Crippen molar-refractivity contribution in [2.75, 3.05) is 5.32 Å². The molecule has 0 amide bonds. The molecule has 4 rings (SSSR count). The summed E-state index contributed by atoms with van der Waals surface area (Å²) in [6.07, 6.45) is 0. The first-order valence-corrected chi connectivity index (χ1v) is 9.67. The van der Waals surface area contributed by atoms with Gasteiger partial charge >= 0.3 is 0 Å². The first-order chi connectivity index (χ1) is 14.1. The van der Waals surface area contributed by atoms with Gasteiger partial charge in [0, 0.05) is 5.69 Å². The van der Waals surface area contributed by atoms with Crippen molar-refractivity contribution in [1.29, 1.82) is 10.5 Å². The summed E-state index contributed by atoms with van der Waals surface area (Å²) >= 11 is 1.51. The van der Waals surface area contributed by atoms with Crippen molar-refractivity contribution in [2.45, 2.75) is 13.8 Å². The normalized spacial score (nSPS) is 10.3. The third-order valence-corrected chi connectivity index (χ3v) is 5.22. The fourth-order valence-electron chi connectivity index (χ4n) is 2.99. The number of nitrogens with one attached hydrogen (secondary N) is 1. The molecule has 0 aliphatic rings. The van der Waals surface area contributed by atoms with Crippen LogP contribution in [0.15, 0.2) is 47.8 Å². The van der Waals surface area contributed by atoms with Gasteiger partial charge < -0.3 is 10.1 Å². The van der Waals surface area contributed by atoms with Gasteiger partial charge in [-0.1, -0.05) is 0 Å². The second kappa shape index (κ2) is 7.59. The fraction of sp³-hybridized carbons (Fsp3) is 0.0909. The summed E-state index contributed by atoms with van der Waals surface area (Å²) in [6, 6.07) is 16.8. The van der Waals surface area contributed by atoms with E-state index in [4.69, 9.17) is 15.3 Å². The van der Waals surface area contributed by atoms with E-state index in [-0.39, 0.29) is 0 Å². The van der Waals surface area contributed by atoms with E-state index in [0.29, 0.717) is 28.7 Å². The van der Waals surface area contributed by atoms with Crippen LogP contribution < -0.4 is 10.1 Å². The monoisotopic (exact) mass is 397 g/mol. The van der Waals surface area contributed by atoms with E-state index in [1.54, 1.807) is 36.4 Å². The summed E-state index contributed by atoms with van der Waals surface area (Å²) in [4.78, 5) is 9.11. The molecule has 0 radical (unpaired) electrons. The van der Waals surface area contributed by atoms with Crippen molar-refractivity contribution < 1.29 is 4.74 Å². The van der Waals surface area contributed by atoms with E-state index in [9.17, 15) is 0 Å². The zero-order valence-corrected chi connectivity index (χ0v) is 16.5. The predicted octanol–water partition coefficient (Wildman–Crippen LogP) is 5.59. The van der Waals surface area contributed by atoms with Crippen LogP contribution in [0.2, 0.25) is 0 Å². The molecule has 0 spiro atoms. The van der Waals surface area contributed by atoms with Crippen molar-refractivity contribution in [3.8, 4) is 23.8 Å². The third kappa shape index (κ3) is 3.73. The van der Waals surface area contributed by atoms with Gasteiger partial charge in [0.1, 0.15) is 10.4 Å². The lowest BCUT2D eigenvalue weighted by atomic mass is 10.1. The molecule has 1 N–H and O–H groups in total. The van der Waals surface area contributed by atoms with Crippen molar-refractivity contribution in [2.24, 2.45) is 0 Å². The van der Waals surface area contributed by atoms with Crippen LogP contribution in [0, 0.1) is 36.5 Å². The highest BCUT2D eigenvalue weighted by Gasteiger charge is 2.15. The van der Waals surface area contributed by atoms with E-state index >= 15 is 0 Å². The lowest BCUT2D eigenvalue weighted by Gasteiger charge is -2.13. The number of anilines is 2. The number of nitrogens with zero attached hydrogens (tertiary/aromatic N) is 4. The minimum atomic E-state index is 0.402. The van der Waals surface area contributed by atoms with Gasteiger partial charge in [-0.3, -0.25) is 0 Å². The third-order valence-electron chi connectivity index (χ3n) is 4.33. The quantitative estimate of drug-likeness (QED) is 0.482. The van der Waals surface area contributed by atoms with E-state index < -0.39 is 0 Å². The van der Waals surface area contributed by atoms with Gasteiger partial charge in [0.25, 0.3) is 0 Å². The van der Waals surface area contributed by atoms with Crippen molar-refractivity contribution >= 4 is 33.2 Å². The van der Waals surface area contributed by atoms with Gasteiger partial charge in [-0.05, 0) is 72.8 Å². The van der Waals surface area contributed by atoms with Crippen molar-refractivity contribution in [3.63, 3.8) is 0 Å².